The number of rotatable bonds is 2. The second-order valence-corrected chi connectivity index (χ2v) is 6.57. The first-order chi connectivity index (χ1) is 10.9. The fourth-order valence-electron chi connectivity index (χ4n) is 2.58. The van der Waals surface area contributed by atoms with Crippen LogP contribution in [0.4, 0.5) is 11.5 Å². The van der Waals surface area contributed by atoms with E-state index in [1.807, 2.05) is 45.0 Å². The molecule has 1 aliphatic rings. The van der Waals surface area contributed by atoms with E-state index in [9.17, 15) is 4.79 Å². The summed E-state index contributed by atoms with van der Waals surface area (Å²) in [5, 5.41) is 0.827. The van der Waals surface area contributed by atoms with E-state index in [-0.39, 0.29) is 5.56 Å². The number of aromatic nitrogens is 3. The lowest BCUT2D eigenvalue weighted by molar-refractivity contribution is 0.917. The van der Waals surface area contributed by atoms with Gasteiger partial charge >= 0.3 is 0 Å². The number of hydrogen-bond acceptors (Lipinski definition) is 6. The molecule has 3 heterocycles. The van der Waals surface area contributed by atoms with Crippen molar-refractivity contribution in [3.63, 3.8) is 0 Å². The second kappa shape index (κ2) is 5.73. The SMILES string of the molecule is C/C=C(\C)n1cnc2c(c1=O)CSc1nc(N)cc(N(C)C)c1-2. The van der Waals surface area contributed by atoms with Crippen molar-refractivity contribution >= 4 is 29.0 Å². The van der Waals surface area contributed by atoms with Crippen LogP contribution in [0.25, 0.3) is 17.0 Å². The predicted molar refractivity (Wildman–Crippen MR) is 95.6 cm³/mol. The molecule has 0 aliphatic carbocycles. The zero-order chi connectivity index (χ0) is 16.7. The molecule has 0 bridgehead atoms. The Bertz CT molecular complexity index is 870. The predicted octanol–water partition coefficient (Wildman–Crippen LogP) is 2.44. The van der Waals surface area contributed by atoms with Crippen molar-refractivity contribution in [1.29, 1.82) is 0 Å². The van der Waals surface area contributed by atoms with E-state index in [1.165, 1.54) is 11.8 Å². The van der Waals surface area contributed by atoms with E-state index >= 15 is 0 Å². The number of nitrogen functional groups attached to an aromatic ring is 1. The molecule has 0 fully saturated rings. The molecule has 2 aromatic heterocycles. The Morgan fingerprint density at radius 3 is 2.87 bits per heavy atom. The molecule has 0 atom stereocenters. The van der Waals surface area contributed by atoms with Crippen molar-refractivity contribution < 1.29 is 0 Å². The lowest BCUT2D eigenvalue weighted by Crippen LogP contribution is -2.26. The molecule has 7 heteroatoms. The van der Waals surface area contributed by atoms with Crippen LogP contribution < -0.4 is 16.2 Å². The van der Waals surface area contributed by atoms with Gasteiger partial charge in [0.15, 0.2) is 0 Å². The molecule has 0 saturated carbocycles. The second-order valence-electron chi connectivity index (χ2n) is 5.61. The molecule has 0 amide bonds. The number of nitrogens with zero attached hydrogens (tertiary/aromatic N) is 4. The number of thioether (sulfide) groups is 1. The lowest BCUT2D eigenvalue weighted by atomic mass is 10.1. The summed E-state index contributed by atoms with van der Waals surface area (Å²) in [5.41, 5.74) is 9.98. The Hall–Kier alpha value is -2.28. The molecule has 0 unspecified atom stereocenters. The number of nitrogens with two attached hydrogens (primary N) is 1. The smallest absolute Gasteiger partial charge is 0.262 e. The van der Waals surface area contributed by atoms with Crippen LogP contribution in [0.3, 0.4) is 0 Å². The Balaban J connectivity index is 2.31. The first-order valence-electron chi connectivity index (χ1n) is 7.28. The fraction of sp³-hybridized carbons (Fsp3) is 0.312. The van der Waals surface area contributed by atoms with E-state index in [4.69, 9.17) is 5.73 Å². The van der Waals surface area contributed by atoms with Gasteiger partial charge in [-0.1, -0.05) is 6.08 Å². The first-order valence-corrected chi connectivity index (χ1v) is 8.27. The van der Waals surface area contributed by atoms with Crippen LogP contribution in [-0.2, 0) is 5.75 Å². The van der Waals surface area contributed by atoms with Crippen LogP contribution >= 0.6 is 11.8 Å². The van der Waals surface area contributed by atoms with E-state index in [1.54, 1.807) is 10.9 Å². The van der Waals surface area contributed by atoms with Crippen LogP contribution in [0.5, 0.6) is 0 Å². The minimum atomic E-state index is -0.0229. The molecule has 0 radical (unpaired) electrons. The van der Waals surface area contributed by atoms with Gasteiger partial charge < -0.3 is 10.6 Å². The molecule has 2 aromatic rings. The monoisotopic (exact) mass is 329 g/mol. The number of allylic oxidation sites excluding steroid dienone is 2. The molecule has 120 valence electrons. The third-order valence-corrected chi connectivity index (χ3v) is 4.92. The Labute approximate surface area is 139 Å². The van der Waals surface area contributed by atoms with E-state index in [0.717, 1.165) is 22.0 Å². The Kier molecular flexibility index (Phi) is 3.89. The van der Waals surface area contributed by atoms with Gasteiger partial charge in [-0.25, -0.2) is 9.97 Å². The van der Waals surface area contributed by atoms with Crippen molar-refractivity contribution in [3.8, 4) is 11.3 Å². The van der Waals surface area contributed by atoms with Gasteiger partial charge in [-0.15, -0.1) is 11.8 Å². The Morgan fingerprint density at radius 2 is 2.22 bits per heavy atom. The van der Waals surface area contributed by atoms with Crippen molar-refractivity contribution in [1.82, 2.24) is 14.5 Å². The van der Waals surface area contributed by atoms with Crippen LogP contribution in [0, 0.1) is 0 Å². The minimum absolute atomic E-state index is 0.0229. The van der Waals surface area contributed by atoms with Crippen molar-refractivity contribution in [2.75, 3.05) is 24.7 Å². The number of hydrogen-bond donors (Lipinski definition) is 1. The summed E-state index contributed by atoms with van der Waals surface area (Å²) >= 11 is 1.53. The van der Waals surface area contributed by atoms with E-state index in [2.05, 4.69) is 9.97 Å². The first kappa shape index (κ1) is 15.6. The summed E-state index contributed by atoms with van der Waals surface area (Å²) in [6.45, 7) is 3.80. The van der Waals surface area contributed by atoms with Crippen molar-refractivity contribution in [3.05, 3.63) is 34.4 Å². The summed E-state index contributed by atoms with van der Waals surface area (Å²) < 4.78 is 1.59. The van der Waals surface area contributed by atoms with Crippen LogP contribution in [-0.4, -0.2) is 28.6 Å². The minimum Gasteiger partial charge on any atom is -0.384 e. The average Bonchev–Trinajstić information content (AvgIpc) is 2.53. The van der Waals surface area contributed by atoms with Gasteiger partial charge in [-0.3, -0.25) is 9.36 Å². The highest BCUT2D eigenvalue weighted by molar-refractivity contribution is 7.98. The molecule has 23 heavy (non-hydrogen) atoms. The maximum Gasteiger partial charge on any atom is 0.262 e. The zero-order valence-electron chi connectivity index (χ0n) is 13.6. The lowest BCUT2D eigenvalue weighted by Gasteiger charge is -2.24. The van der Waals surface area contributed by atoms with Gasteiger partial charge in [0.2, 0.25) is 0 Å². The maximum atomic E-state index is 12.8. The highest BCUT2D eigenvalue weighted by atomic mass is 32.2. The molecule has 3 rings (SSSR count). The van der Waals surface area contributed by atoms with Gasteiger partial charge in [0.1, 0.15) is 17.2 Å². The van der Waals surface area contributed by atoms with Crippen LogP contribution in [0.2, 0.25) is 0 Å². The highest BCUT2D eigenvalue weighted by Crippen LogP contribution is 2.43. The fourth-order valence-corrected chi connectivity index (χ4v) is 3.63. The summed E-state index contributed by atoms with van der Waals surface area (Å²) in [6, 6.07) is 1.82. The Morgan fingerprint density at radius 1 is 1.48 bits per heavy atom. The quantitative estimate of drug-likeness (QED) is 0.912. The van der Waals surface area contributed by atoms with Crippen molar-refractivity contribution in [2.45, 2.75) is 24.6 Å². The maximum absolute atomic E-state index is 12.8. The summed E-state index contributed by atoms with van der Waals surface area (Å²) in [5.74, 6) is 1.02. The third kappa shape index (κ3) is 2.50. The van der Waals surface area contributed by atoms with Crippen LogP contribution in [0.15, 0.2) is 28.3 Å². The molecule has 2 N–H and O–H groups in total. The van der Waals surface area contributed by atoms with Gasteiger partial charge in [0, 0.05) is 31.6 Å². The molecule has 1 aliphatic heterocycles. The highest BCUT2D eigenvalue weighted by Gasteiger charge is 2.26. The normalized spacial score (nSPS) is 13.5. The molecule has 0 aromatic carbocycles. The van der Waals surface area contributed by atoms with E-state index < -0.39 is 0 Å². The van der Waals surface area contributed by atoms with Gasteiger partial charge in [0.25, 0.3) is 5.56 Å². The van der Waals surface area contributed by atoms with Crippen LogP contribution in [0.1, 0.15) is 19.4 Å². The molecule has 0 spiro atoms. The molecular formula is C16H19N5OS. The topological polar surface area (TPSA) is 77.0 Å². The molecule has 6 nitrogen and oxygen atoms in total. The number of fused-ring (bicyclic) bond motifs is 3. The largest absolute Gasteiger partial charge is 0.384 e. The van der Waals surface area contributed by atoms with Crippen molar-refractivity contribution in [2.24, 2.45) is 0 Å². The number of anilines is 2. The summed E-state index contributed by atoms with van der Waals surface area (Å²) in [6.07, 6.45) is 3.49. The third-order valence-electron chi connectivity index (χ3n) is 3.92. The van der Waals surface area contributed by atoms with Gasteiger partial charge in [-0.2, -0.15) is 0 Å². The standard InChI is InChI=1S/C16H19N5OS/c1-5-9(2)21-8-18-14-10(16(21)22)7-23-15-13(14)11(20(3)4)6-12(17)19-15/h5-6,8H,7H2,1-4H3,(H2,17,19)/b9-5+. The van der Waals surface area contributed by atoms with Gasteiger partial charge in [-0.05, 0) is 13.8 Å². The zero-order valence-corrected chi connectivity index (χ0v) is 14.4. The summed E-state index contributed by atoms with van der Waals surface area (Å²) in [7, 11) is 3.89. The molecule has 0 saturated heterocycles. The average molecular weight is 329 g/mol. The van der Waals surface area contributed by atoms with E-state index in [0.29, 0.717) is 22.8 Å². The molecular weight excluding hydrogens is 310 g/mol. The number of pyridine rings is 1. The van der Waals surface area contributed by atoms with Gasteiger partial charge in [0.05, 0.1) is 22.5 Å². The summed E-state index contributed by atoms with van der Waals surface area (Å²) in [4.78, 5) is 23.7.